The maximum atomic E-state index is 5.99. The summed E-state index contributed by atoms with van der Waals surface area (Å²) >= 11 is 0. The fourth-order valence-corrected chi connectivity index (χ4v) is 2.59. The number of anilines is 1. The molecule has 2 rings (SSSR count). The summed E-state index contributed by atoms with van der Waals surface area (Å²) in [6, 6.07) is 1.91. The topological polar surface area (TPSA) is 38.9 Å². The zero-order valence-electron chi connectivity index (χ0n) is 9.61. The third-order valence-corrected chi connectivity index (χ3v) is 3.93. The van der Waals surface area contributed by atoms with Crippen molar-refractivity contribution in [2.45, 2.75) is 39.0 Å². The average Bonchev–Trinajstić information content (AvgIpc) is 2.23. The lowest BCUT2D eigenvalue weighted by Gasteiger charge is -2.32. The van der Waals surface area contributed by atoms with Crippen LogP contribution in [0.1, 0.15) is 44.6 Å². The van der Waals surface area contributed by atoms with E-state index in [9.17, 15) is 0 Å². The van der Waals surface area contributed by atoms with Gasteiger partial charge in [0, 0.05) is 18.1 Å². The van der Waals surface area contributed by atoms with Crippen molar-refractivity contribution < 1.29 is 0 Å². The molecule has 0 aromatic carbocycles. The van der Waals surface area contributed by atoms with E-state index < -0.39 is 0 Å². The van der Waals surface area contributed by atoms with E-state index >= 15 is 0 Å². The highest BCUT2D eigenvalue weighted by atomic mass is 14.7. The van der Waals surface area contributed by atoms with Gasteiger partial charge in [-0.1, -0.05) is 13.8 Å². The van der Waals surface area contributed by atoms with Crippen LogP contribution in [0.5, 0.6) is 0 Å². The summed E-state index contributed by atoms with van der Waals surface area (Å²) in [6.07, 6.45) is 7.56. The predicted octanol–water partition coefficient (Wildman–Crippen LogP) is 3.20. The molecule has 15 heavy (non-hydrogen) atoms. The molecular weight excluding hydrogens is 184 g/mol. The van der Waals surface area contributed by atoms with E-state index in [1.807, 2.05) is 12.3 Å². The van der Waals surface area contributed by atoms with E-state index in [4.69, 9.17) is 5.73 Å². The van der Waals surface area contributed by atoms with E-state index in [-0.39, 0.29) is 0 Å². The minimum Gasteiger partial charge on any atom is -0.398 e. The van der Waals surface area contributed by atoms with Gasteiger partial charge < -0.3 is 5.73 Å². The van der Waals surface area contributed by atoms with E-state index in [2.05, 4.69) is 18.8 Å². The van der Waals surface area contributed by atoms with Crippen molar-refractivity contribution in [3.63, 3.8) is 0 Å². The zero-order valence-corrected chi connectivity index (χ0v) is 9.61. The molecule has 0 radical (unpaired) electrons. The molecule has 1 saturated carbocycles. The van der Waals surface area contributed by atoms with Crippen LogP contribution in [0.3, 0.4) is 0 Å². The molecule has 1 fully saturated rings. The molecule has 0 bridgehead atoms. The van der Waals surface area contributed by atoms with Gasteiger partial charge in [0.05, 0.1) is 0 Å². The van der Waals surface area contributed by atoms with Crippen LogP contribution in [0.4, 0.5) is 5.69 Å². The van der Waals surface area contributed by atoms with Crippen molar-refractivity contribution in [3.8, 4) is 0 Å². The molecule has 2 heteroatoms. The van der Waals surface area contributed by atoms with Crippen molar-refractivity contribution in [2.24, 2.45) is 11.8 Å². The van der Waals surface area contributed by atoms with Crippen LogP contribution in [0.15, 0.2) is 18.5 Å². The summed E-state index contributed by atoms with van der Waals surface area (Å²) in [5, 5.41) is 0. The van der Waals surface area contributed by atoms with E-state index in [1.54, 1.807) is 6.20 Å². The molecule has 3 unspecified atom stereocenters. The number of rotatable bonds is 1. The summed E-state index contributed by atoms with van der Waals surface area (Å²) in [5.74, 6) is 2.30. The molecule has 2 N–H and O–H groups in total. The van der Waals surface area contributed by atoms with Crippen LogP contribution in [-0.4, -0.2) is 4.98 Å². The fraction of sp³-hybridized carbons (Fsp3) is 0.615. The van der Waals surface area contributed by atoms with Crippen molar-refractivity contribution in [3.05, 3.63) is 24.0 Å². The molecule has 3 atom stereocenters. The number of nitrogens with zero attached hydrogens (tertiary/aromatic N) is 1. The van der Waals surface area contributed by atoms with E-state index in [0.29, 0.717) is 5.92 Å². The predicted molar refractivity (Wildman–Crippen MR) is 63.6 cm³/mol. The largest absolute Gasteiger partial charge is 0.398 e. The van der Waals surface area contributed by atoms with Crippen LogP contribution < -0.4 is 5.73 Å². The number of pyridine rings is 1. The summed E-state index contributed by atoms with van der Waals surface area (Å²) in [5.41, 5.74) is 8.17. The summed E-state index contributed by atoms with van der Waals surface area (Å²) < 4.78 is 0. The molecule has 0 saturated heterocycles. The molecule has 0 amide bonds. The molecule has 2 nitrogen and oxygen atoms in total. The summed E-state index contributed by atoms with van der Waals surface area (Å²) in [7, 11) is 0. The highest BCUT2D eigenvalue weighted by molar-refractivity contribution is 5.46. The number of hydrogen-bond acceptors (Lipinski definition) is 2. The van der Waals surface area contributed by atoms with Crippen molar-refractivity contribution >= 4 is 5.69 Å². The quantitative estimate of drug-likeness (QED) is 0.763. The third-order valence-electron chi connectivity index (χ3n) is 3.93. The molecule has 1 aromatic rings. The highest BCUT2D eigenvalue weighted by Gasteiger charge is 2.26. The molecule has 82 valence electrons. The smallest absolute Gasteiger partial charge is 0.0380 e. The van der Waals surface area contributed by atoms with Crippen molar-refractivity contribution in [1.29, 1.82) is 0 Å². The summed E-state index contributed by atoms with van der Waals surface area (Å²) in [6.45, 7) is 4.71. The maximum Gasteiger partial charge on any atom is 0.0380 e. The van der Waals surface area contributed by atoms with Gasteiger partial charge in [0.1, 0.15) is 0 Å². The van der Waals surface area contributed by atoms with Gasteiger partial charge in [-0.3, -0.25) is 4.98 Å². The molecule has 1 aliphatic rings. The second-order valence-electron chi connectivity index (χ2n) is 4.97. The third kappa shape index (κ3) is 2.14. The number of hydrogen-bond donors (Lipinski definition) is 1. The van der Waals surface area contributed by atoms with Crippen molar-refractivity contribution in [1.82, 2.24) is 4.98 Å². The number of aromatic nitrogens is 1. The first-order valence-electron chi connectivity index (χ1n) is 5.88. The van der Waals surface area contributed by atoms with Gasteiger partial charge in [-0.2, -0.15) is 0 Å². The lowest BCUT2D eigenvalue weighted by molar-refractivity contribution is 0.250. The molecule has 0 aliphatic heterocycles. The normalized spacial score (nSPS) is 31.5. The molecular formula is C13H20N2. The van der Waals surface area contributed by atoms with Crippen LogP contribution in [-0.2, 0) is 0 Å². The lowest BCUT2D eigenvalue weighted by Crippen LogP contribution is -2.20. The van der Waals surface area contributed by atoms with Gasteiger partial charge in [-0.15, -0.1) is 0 Å². The van der Waals surface area contributed by atoms with E-state index in [1.165, 1.54) is 24.8 Å². The van der Waals surface area contributed by atoms with Crippen LogP contribution >= 0.6 is 0 Å². The first-order chi connectivity index (χ1) is 7.18. The Morgan fingerprint density at radius 1 is 1.27 bits per heavy atom. The van der Waals surface area contributed by atoms with Crippen LogP contribution in [0, 0.1) is 11.8 Å². The maximum absolute atomic E-state index is 5.99. The van der Waals surface area contributed by atoms with Crippen LogP contribution in [0.25, 0.3) is 0 Å². The highest BCUT2D eigenvalue weighted by Crippen LogP contribution is 2.40. The lowest BCUT2D eigenvalue weighted by atomic mass is 9.73. The Hall–Kier alpha value is -1.05. The number of nitrogens with two attached hydrogens (primary N) is 1. The average molecular weight is 204 g/mol. The Balaban J connectivity index is 2.15. The standard InChI is InChI=1S/C13H20N2/c1-9-3-4-11(7-10(9)2)12-8-15-6-5-13(12)14/h5-6,8-11H,3-4,7H2,1-2H3,(H2,14,15). The minimum absolute atomic E-state index is 0.630. The second kappa shape index (κ2) is 4.21. The molecule has 0 spiro atoms. The monoisotopic (exact) mass is 204 g/mol. The van der Waals surface area contributed by atoms with E-state index in [0.717, 1.165) is 17.5 Å². The Labute approximate surface area is 91.9 Å². The number of nitrogen functional groups attached to an aromatic ring is 1. The van der Waals surface area contributed by atoms with Crippen molar-refractivity contribution in [2.75, 3.05) is 5.73 Å². The zero-order chi connectivity index (χ0) is 10.8. The Kier molecular flexibility index (Phi) is 2.94. The van der Waals surface area contributed by atoms with Gasteiger partial charge in [-0.25, -0.2) is 0 Å². The Bertz CT molecular complexity index is 335. The Morgan fingerprint density at radius 3 is 2.73 bits per heavy atom. The molecule has 1 aliphatic carbocycles. The van der Waals surface area contributed by atoms with Crippen LogP contribution in [0.2, 0.25) is 0 Å². The van der Waals surface area contributed by atoms with Gasteiger partial charge in [0.25, 0.3) is 0 Å². The van der Waals surface area contributed by atoms with Gasteiger partial charge in [-0.05, 0) is 48.6 Å². The SMILES string of the molecule is CC1CCC(c2cnccc2N)CC1C. The first-order valence-corrected chi connectivity index (χ1v) is 5.88. The fourth-order valence-electron chi connectivity index (χ4n) is 2.59. The molecule has 1 aromatic heterocycles. The van der Waals surface area contributed by atoms with Gasteiger partial charge in [0.15, 0.2) is 0 Å². The summed E-state index contributed by atoms with van der Waals surface area (Å²) in [4.78, 5) is 4.18. The van der Waals surface area contributed by atoms with Gasteiger partial charge >= 0.3 is 0 Å². The first kappa shape index (κ1) is 10.5. The van der Waals surface area contributed by atoms with Gasteiger partial charge in [0.2, 0.25) is 0 Å². The minimum atomic E-state index is 0.630. The Morgan fingerprint density at radius 2 is 2.07 bits per heavy atom. The molecule has 1 heterocycles. The second-order valence-corrected chi connectivity index (χ2v) is 4.97.